The summed E-state index contributed by atoms with van der Waals surface area (Å²) in [6.45, 7) is 6.55. The minimum absolute atomic E-state index is 0.0219. The zero-order valence-electron chi connectivity index (χ0n) is 28.6. The van der Waals surface area contributed by atoms with Crippen molar-refractivity contribution in [2.24, 2.45) is 0 Å². The van der Waals surface area contributed by atoms with Crippen molar-refractivity contribution in [3.63, 3.8) is 0 Å². The second-order valence-electron chi connectivity index (χ2n) is 12.8. The summed E-state index contributed by atoms with van der Waals surface area (Å²) >= 11 is 0. The Kier molecular flexibility index (Phi) is 9.64. The van der Waals surface area contributed by atoms with Gasteiger partial charge in [0.05, 0.1) is 27.4 Å². The molecular formula is C39H46N2O6. The standard InChI is InChI=1S/C39H46N2O6/c1-24-8-13-31(25(2)42)33(18-24)46-30-11-9-26(10-12-30)19-32-37-28(15-17-41(32)4)21-36(44-6)38(45-7)39(37)47-35-22-29-23-40(3)16-14-27(29)20-34(35)43-5/h8-13,18,20-22,25,32,42H,14-17,19,23H2,1-7H3/t25?,32-/m0/s1. The molecule has 47 heavy (non-hydrogen) atoms. The van der Waals surface area contributed by atoms with Crippen LogP contribution in [0.4, 0.5) is 0 Å². The van der Waals surface area contributed by atoms with Gasteiger partial charge in [-0.2, -0.15) is 0 Å². The van der Waals surface area contributed by atoms with Gasteiger partial charge in [-0.25, -0.2) is 0 Å². The molecule has 0 fully saturated rings. The summed E-state index contributed by atoms with van der Waals surface area (Å²) in [6, 6.07) is 20.4. The molecule has 0 saturated carbocycles. The van der Waals surface area contributed by atoms with Crippen molar-refractivity contribution in [3.8, 4) is 40.2 Å². The first-order chi connectivity index (χ1) is 22.7. The van der Waals surface area contributed by atoms with Crippen LogP contribution in [0.15, 0.2) is 60.7 Å². The van der Waals surface area contributed by atoms with Gasteiger partial charge in [0.25, 0.3) is 0 Å². The minimum atomic E-state index is -0.624. The number of ether oxygens (including phenoxy) is 5. The van der Waals surface area contributed by atoms with E-state index < -0.39 is 6.10 Å². The fraction of sp³-hybridized carbons (Fsp3) is 0.385. The van der Waals surface area contributed by atoms with E-state index in [0.717, 1.165) is 66.9 Å². The lowest BCUT2D eigenvalue weighted by molar-refractivity contribution is 0.195. The van der Waals surface area contributed by atoms with Crippen LogP contribution in [0.1, 0.15) is 58.0 Å². The molecule has 248 valence electrons. The van der Waals surface area contributed by atoms with Crippen molar-refractivity contribution in [1.29, 1.82) is 0 Å². The van der Waals surface area contributed by atoms with Gasteiger partial charge >= 0.3 is 0 Å². The smallest absolute Gasteiger partial charge is 0.204 e. The molecular weight excluding hydrogens is 592 g/mol. The number of hydrogen-bond acceptors (Lipinski definition) is 8. The summed E-state index contributed by atoms with van der Waals surface area (Å²) in [5.74, 6) is 4.63. The highest BCUT2D eigenvalue weighted by Crippen LogP contribution is 2.51. The summed E-state index contributed by atoms with van der Waals surface area (Å²) in [5, 5.41) is 10.3. The fourth-order valence-corrected chi connectivity index (χ4v) is 6.80. The number of aliphatic hydroxyl groups excluding tert-OH is 1. The lowest BCUT2D eigenvalue weighted by Crippen LogP contribution is -2.34. The number of hydrogen-bond donors (Lipinski definition) is 1. The van der Waals surface area contributed by atoms with Crippen LogP contribution in [-0.4, -0.2) is 63.4 Å². The summed E-state index contributed by atoms with van der Waals surface area (Å²) in [5.41, 5.74) is 7.81. The summed E-state index contributed by atoms with van der Waals surface area (Å²) < 4.78 is 30.8. The van der Waals surface area contributed by atoms with Crippen LogP contribution in [0.25, 0.3) is 0 Å². The zero-order valence-corrected chi connectivity index (χ0v) is 28.6. The van der Waals surface area contributed by atoms with Crippen molar-refractivity contribution in [1.82, 2.24) is 9.80 Å². The number of aliphatic hydroxyl groups is 1. The fourth-order valence-electron chi connectivity index (χ4n) is 6.80. The normalized spacial score (nSPS) is 17.0. The summed E-state index contributed by atoms with van der Waals surface area (Å²) in [4.78, 5) is 4.70. The second-order valence-corrected chi connectivity index (χ2v) is 12.8. The molecule has 0 bridgehead atoms. The molecule has 4 aromatic carbocycles. The van der Waals surface area contributed by atoms with E-state index in [2.05, 4.69) is 54.2 Å². The molecule has 2 aliphatic heterocycles. The molecule has 2 aliphatic rings. The van der Waals surface area contributed by atoms with Crippen LogP contribution in [0.5, 0.6) is 40.2 Å². The zero-order chi connectivity index (χ0) is 33.2. The lowest BCUT2D eigenvalue weighted by Gasteiger charge is -2.37. The van der Waals surface area contributed by atoms with E-state index in [1.165, 1.54) is 16.7 Å². The van der Waals surface area contributed by atoms with Gasteiger partial charge in [0.1, 0.15) is 11.5 Å². The molecule has 0 aliphatic carbocycles. The van der Waals surface area contributed by atoms with Crippen molar-refractivity contribution in [2.45, 2.75) is 51.8 Å². The van der Waals surface area contributed by atoms with Gasteiger partial charge in [-0.3, -0.25) is 4.90 Å². The van der Waals surface area contributed by atoms with Crippen LogP contribution >= 0.6 is 0 Å². The first-order valence-electron chi connectivity index (χ1n) is 16.3. The largest absolute Gasteiger partial charge is 0.493 e. The molecule has 8 nitrogen and oxygen atoms in total. The summed E-state index contributed by atoms with van der Waals surface area (Å²) in [6.07, 6.45) is 1.97. The third kappa shape index (κ3) is 6.77. The highest BCUT2D eigenvalue weighted by molar-refractivity contribution is 5.63. The van der Waals surface area contributed by atoms with Crippen LogP contribution in [0.3, 0.4) is 0 Å². The van der Waals surface area contributed by atoms with Crippen molar-refractivity contribution < 1.29 is 28.8 Å². The first kappa shape index (κ1) is 32.7. The third-order valence-corrected chi connectivity index (χ3v) is 9.45. The molecule has 0 saturated heterocycles. The lowest BCUT2D eigenvalue weighted by atomic mass is 9.87. The highest BCUT2D eigenvalue weighted by Gasteiger charge is 2.33. The molecule has 2 heterocycles. The van der Waals surface area contributed by atoms with E-state index in [1.807, 2.05) is 37.3 Å². The summed E-state index contributed by atoms with van der Waals surface area (Å²) in [7, 11) is 9.32. The van der Waals surface area contributed by atoms with Crippen molar-refractivity contribution in [2.75, 3.05) is 48.5 Å². The molecule has 0 amide bonds. The number of methoxy groups -OCH3 is 3. The van der Waals surface area contributed by atoms with E-state index in [0.29, 0.717) is 34.5 Å². The Bertz CT molecular complexity index is 1740. The number of nitrogens with zero attached hydrogens (tertiary/aromatic N) is 2. The molecule has 1 unspecified atom stereocenters. The Hall–Kier alpha value is -4.24. The van der Waals surface area contributed by atoms with E-state index in [9.17, 15) is 5.11 Å². The van der Waals surface area contributed by atoms with Gasteiger partial charge in [0.2, 0.25) is 5.75 Å². The molecule has 2 atom stereocenters. The minimum Gasteiger partial charge on any atom is -0.493 e. The molecule has 6 rings (SSSR count). The van der Waals surface area contributed by atoms with Gasteiger partial charge in [0.15, 0.2) is 23.0 Å². The maximum Gasteiger partial charge on any atom is 0.204 e. The van der Waals surface area contributed by atoms with Gasteiger partial charge < -0.3 is 33.7 Å². The van der Waals surface area contributed by atoms with Gasteiger partial charge in [0, 0.05) is 36.8 Å². The van der Waals surface area contributed by atoms with Crippen LogP contribution in [0.2, 0.25) is 0 Å². The number of fused-ring (bicyclic) bond motifs is 2. The number of likely N-dealkylation sites (N-methyl/N-ethyl adjacent to an activating group) is 2. The Morgan fingerprint density at radius 2 is 1.45 bits per heavy atom. The average molecular weight is 639 g/mol. The Morgan fingerprint density at radius 1 is 0.745 bits per heavy atom. The van der Waals surface area contributed by atoms with E-state index in [1.54, 1.807) is 28.3 Å². The maximum atomic E-state index is 10.3. The molecule has 4 aromatic rings. The van der Waals surface area contributed by atoms with Crippen LogP contribution in [-0.2, 0) is 25.8 Å². The Balaban J connectivity index is 1.35. The van der Waals surface area contributed by atoms with Crippen molar-refractivity contribution >= 4 is 0 Å². The predicted molar refractivity (Wildman–Crippen MR) is 184 cm³/mol. The third-order valence-electron chi connectivity index (χ3n) is 9.45. The molecule has 1 N–H and O–H groups in total. The Morgan fingerprint density at radius 3 is 2.15 bits per heavy atom. The van der Waals surface area contributed by atoms with Crippen LogP contribution < -0.4 is 23.7 Å². The highest BCUT2D eigenvalue weighted by atomic mass is 16.5. The SMILES string of the molecule is COc1cc2c(cc1Oc1c(OC)c(OC)cc3c1[C@H](Cc1ccc(Oc4cc(C)ccc4C(C)O)cc1)N(C)CC3)CN(C)CC2. The van der Waals surface area contributed by atoms with Gasteiger partial charge in [-0.1, -0.05) is 24.3 Å². The molecule has 0 spiro atoms. The predicted octanol–water partition coefficient (Wildman–Crippen LogP) is 7.42. The van der Waals surface area contributed by atoms with Gasteiger partial charge in [-0.05, 0) is 111 Å². The monoisotopic (exact) mass is 638 g/mol. The number of benzene rings is 4. The molecule has 0 aromatic heterocycles. The number of aryl methyl sites for hydroxylation is 1. The van der Waals surface area contributed by atoms with Crippen molar-refractivity contribution in [3.05, 3.63) is 99.6 Å². The molecule has 0 radical (unpaired) electrons. The quantitative estimate of drug-likeness (QED) is 0.193. The Labute approximate surface area is 278 Å². The van der Waals surface area contributed by atoms with E-state index in [4.69, 9.17) is 23.7 Å². The van der Waals surface area contributed by atoms with Gasteiger partial charge in [-0.15, -0.1) is 0 Å². The van der Waals surface area contributed by atoms with Crippen LogP contribution in [0, 0.1) is 6.92 Å². The molecule has 8 heteroatoms. The topological polar surface area (TPSA) is 72.9 Å². The van der Waals surface area contributed by atoms with E-state index in [-0.39, 0.29) is 6.04 Å². The number of rotatable bonds is 10. The first-order valence-corrected chi connectivity index (χ1v) is 16.3. The average Bonchev–Trinajstić information content (AvgIpc) is 3.06. The van der Waals surface area contributed by atoms with E-state index >= 15 is 0 Å². The second kappa shape index (κ2) is 13.9. The maximum absolute atomic E-state index is 10.3.